The average Bonchev–Trinajstić information content (AvgIpc) is 3.29. The zero-order chi connectivity index (χ0) is 17.9. The van der Waals surface area contributed by atoms with Gasteiger partial charge in [-0.2, -0.15) is 0 Å². The lowest BCUT2D eigenvalue weighted by Gasteiger charge is -2.04. The largest absolute Gasteiger partial charge is 0.467 e. The number of nitrogens with zero attached hydrogens (tertiary/aromatic N) is 2. The van der Waals surface area contributed by atoms with E-state index in [1.807, 2.05) is 37.3 Å². The van der Waals surface area contributed by atoms with E-state index in [-0.39, 0.29) is 5.63 Å². The number of fused-ring (bicyclic) bond motifs is 1. The minimum Gasteiger partial charge on any atom is -0.467 e. The van der Waals surface area contributed by atoms with Gasteiger partial charge in [0.1, 0.15) is 11.3 Å². The van der Waals surface area contributed by atoms with Gasteiger partial charge in [-0.1, -0.05) is 35.2 Å². The van der Waals surface area contributed by atoms with Gasteiger partial charge in [0, 0.05) is 17.2 Å². The van der Waals surface area contributed by atoms with Gasteiger partial charge in [0.25, 0.3) is 0 Å². The van der Waals surface area contributed by atoms with Crippen molar-refractivity contribution in [3.8, 4) is 0 Å². The van der Waals surface area contributed by atoms with Crippen LogP contribution in [0.4, 0.5) is 5.13 Å². The Labute approximate surface area is 157 Å². The summed E-state index contributed by atoms with van der Waals surface area (Å²) in [4.78, 5) is 11.8. The molecular formula is C18H15N3O3S2. The van der Waals surface area contributed by atoms with Gasteiger partial charge in [-0.05, 0) is 36.2 Å². The number of furan rings is 1. The molecule has 0 radical (unpaired) electrons. The van der Waals surface area contributed by atoms with Gasteiger partial charge in [0.15, 0.2) is 4.34 Å². The fraction of sp³-hybridized carbons (Fsp3) is 0.167. The lowest BCUT2D eigenvalue weighted by atomic mass is 10.1. The average molecular weight is 385 g/mol. The third-order valence-corrected chi connectivity index (χ3v) is 5.80. The molecule has 0 saturated heterocycles. The number of benzene rings is 1. The van der Waals surface area contributed by atoms with E-state index in [2.05, 4.69) is 15.5 Å². The molecular weight excluding hydrogens is 370 g/mol. The Morgan fingerprint density at radius 3 is 3.00 bits per heavy atom. The third kappa shape index (κ3) is 3.81. The molecule has 0 aliphatic rings. The highest BCUT2D eigenvalue weighted by Gasteiger charge is 2.10. The van der Waals surface area contributed by atoms with Crippen molar-refractivity contribution in [2.24, 2.45) is 0 Å². The minimum absolute atomic E-state index is 0.336. The van der Waals surface area contributed by atoms with Gasteiger partial charge >= 0.3 is 5.63 Å². The van der Waals surface area contributed by atoms with Crippen LogP contribution in [0.25, 0.3) is 11.0 Å². The van der Waals surface area contributed by atoms with Gasteiger partial charge < -0.3 is 14.2 Å². The second kappa shape index (κ2) is 7.35. The van der Waals surface area contributed by atoms with Gasteiger partial charge in [-0.15, -0.1) is 10.2 Å². The molecule has 26 heavy (non-hydrogen) atoms. The smallest absolute Gasteiger partial charge is 0.336 e. The van der Waals surface area contributed by atoms with E-state index in [1.54, 1.807) is 24.1 Å². The summed E-state index contributed by atoms with van der Waals surface area (Å²) in [5, 5.41) is 13.2. The van der Waals surface area contributed by atoms with Crippen molar-refractivity contribution >= 4 is 39.2 Å². The molecule has 0 fully saturated rings. The van der Waals surface area contributed by atoms with Crippen molar-refractivity contribution in [1.82, 2.24) is 10.2 Å². The van der Waals surface area contributed by atoms with Crippen molar-refractivity contribution < 1.29 is 8.83 Å². The molecule has 1 N–H and O–H groups in total. The molecule has 0 amide bonds. The normalized spacial score (nSPS) is 11.1. The highest BCUT2D eigenvalue weighted by Crippen LogP contribution is 2.30. The molecule has 0 bridgehead atoms. The molecule has 3 aromatic heterocycles. The van der Waals surface area contributed by atoms with Crippen molar-refractivity contribution in [1.29, 1.82) is 0 Å². The quantitative estimate of drug-likeness (QED) is 0.388. The first-order valence-electron chi connectivity index (χ1n) is 7.93. The number of rotatable bonds is 6. The lowest BCUT2D eigenvalue weighted by Crippen LogP contribution is -2.00. The van der Waals surface area contributed by atoms with E-state index in [0.717, 1.165) is 31.7 Å². The van der Waals surface area contributed by atoms with Crippen LogP contribution in [0.3, 0.4) is 0 Å². The number of hydrogen-bond acceptors (Lipinski definition) is 8. The molecule has 1 aromatic carbocycles. The Kier molecular flexibility index (Phi) is 4.77. The molecule has 3 heterocycles. The molecule has 0 atom stereocenters. The number of anilines is 1. The molecule has 0 aliphatic heterocycles. The van der Waals surface area contributed by atoms with Crippen LogP contribution in [0.1, 0.15) is 16.9 Å². The topological polar surface area (TPSA) is 81.2 Å². The Balaban J connectivity index is 1.46. The van der Waals surface area contributed by atoms with E-state index in [0.29, 0.717) is 17.9 Å². The van der Waals surface area contributed by atoms with Crippen LogP contribution >= 0.6 is 23.1 Å². The van der Waals surface area contributed by atoms with E-state index < -0.39 is 0 Å². The zero-order valence-corrected chi connectivity index (χ0v) is 15.5. The van der Waals surface area contributed by atoms with E-state index in [4.69, 9.17) is 8.83 Å². The molecule has 132 valence electrons. The highest BCUT2D eigenvalue weighted by atomic mass is 32.2. The van der Waals surface area contributed by atoms with Crippen molar-refractivity contribution in [3.63, 3.8) is 0 Å². The maximum Gasteiger partial charge on any atom is 0.336 e. The summed E-state index contributed by atoms with van der Waals surface area (Å²) in [5.41, 5.74) is 2.27. The van der Waals surface area contributed by atoms with E-state index >= 15 is 0 Å². The van der Waals surface area contributed by atoms with Crippen molar-refractivity contribution in [2.75, 3.05) is 5.32 Å². The zero-order valence-electron chi connectivity index (χ0n) is 13.9. The summed E-state index contributed by atoms with van der Waals surface area (Å²) in [5.74, 6) is 1.46. The summed E-state index contributed by atoms with van der Waals surface area (Å²) in [7, 11) is 0. The Bertz CT molecular complexity index is 1090. The predicted octanol–water partition coefficient (Wildman–Crippen LogP) is 4.45. The van der Waals surface area contributed by atoms with Crippen LogP contribution in [0, 0.1) is 6.92 Å². The van der Waals surface area contributed by atoms with Crippen LogP contribution in [0.15, 0.2) is 60.6 Å². The maximum atomic E-state index is 11.8. The highest BCUT2D eigenvalue weighted by molar-refractivity contribution is 8.00. The Morgan fingerprint density at radius 1 is 1.23 bits per heavy atom. The van der Waals surface area contributed by atoms with Gasteiger partial charge in [0.2, 0.25) is 5.13 Å². The van der Waals surface area contributed by atoms with Crippen LogP contribution in [-0.2, 0) is 12.3 Å². The number of aromatic nitrogens is 2. The standard InChI is InChI=1S/C18H15N3O3S2/c1-11-4-5-14-12(8-16(22)24-15(14)7-11)10-25-18-21-20-17(26-18)19-9-13-3-2-6-23-13/h2-8H,9-10H2,1H3,(H,19,20). The number of thioether (sulfide) groups is 1. The predicted molar refractivity (Wildman–Crippen MR) is 103 cm³/mol. The van der Waals surface area contributed by atoms with Crippen LogP contribution < -0.4 is 10.9 Å². The first kappa shape index (κ1) is 16.9. The summed E-state index contributed by atoms with van der Waals surface area (Å²) in [6.45, 7) is 2.54. The number of hydrogen-bond donors (Lipinski definition) is 1. The Hall–Kier alpha value is -2.58. The summed E-state index contributed by atoms with van der Waals surface area (Å²) < 4.78 is 11.4. The van der Waals surface area contributed by atoms with Gasteiger partial charge in [-0.25, -0.2) is 4.79 Å². The van der Waals surface area contributed by atoms with Gasteiger partial charge in [0.05, 0.1) is 12.8 Å². The molecule has 0 spiro atoms. The van der Waals surface area contributed by atoms with Crippen LogP contribution in [-0.4, -0.2) is 10.2 Å². The first-order chi connectivity index (χ1) is 12.7. The monoisotopic (exact) mass is 385 g/mol. The molecule has 0 unspecified atom stereocenters. The lowest BCUT2D eigenvalue weighted by molar-refractivity contribution is 0.518. The fourth-order valence-electron chi connectivity index (χ4n) is 2.51. The first-order valence-corrected chi connectivity index (χ1v) is 9.73. The summed E-state index contributed by atoms with van der Waals surface area (Å²) in [6, 6.07) is 11.2. The molecule has 4 rings (SSSR count). The Morgan fingerprint density at radius 2 is 2.15 bits per heavy atom. The summed E-state index contributed by atoms with van der Waals surface area (Å²) >= 11 is 3.02. The fourth-order valence-corrected chi connectivity index (χ4v) is 4.25. The van der Waals surface area contributed by atoms with Gasteiger partial charge in [-0.3, -0.25) is 0 Å². The molecule has 8 heteroatoms. The minimum atomic E-state index is -0.336. The molecule has 6 nitrogen and oxygen atoms in total. The number of aryl methyl sites for hydroxylation is 1. The van der Waals surface area contributed by atoms with E-state index in [1.165, 1.54) is 11.3 Å². The van der Waals surface area contributed by atoms with Crippen LogP contribution in [0.2, 0.25) is 0 Å². The van der Waals surface area contributed by atoms with Crippen molar-refractivity contribution in [3.05, 3.63) is 70.0 Å². The van der Waals surface area contributed by atoms with Crippen molar-refractivity contribution in [2.45, 2.75) is 23.6 Å². The SMILES string of the molecule is Cc1ccc2c(CSc3nnc(NCc4ccco4)s3)cc(=O)oc2c1. The summed E-state index contributed by atoms with van der Waals surface area (Å²) in [6.07, 6.45) is 1.64. The second-order valence-electron chi connectivity index (χ2n) is 5.69. The van der Waals surface area contributed by atoms with Crippen LogP contribution in [0.5, 0.6) is 0 Å². The molecule has 0 saturated carbocycles. The maximum absolute atomic E-state index is 11.8. The third-order valence-electron chi connectivity index (χ3n) is 3.74. The second-order valence-corrected chi connectivity index (χ2v) is 7.88. The molecule has 0 aliphatic carbocycles. The number of nitrogens with one attached hydrogen (secondary N) is 1. The van der Waals surface area contributed by atoms with E-state index in [9.17, 15) is 4.79 Å². The molecule has 4 aromatic rings.